The Labute approximate surface area is 153 Å². The van der Waals surface area contributed by atoms with Gasteiger partial charge < -0.3 is 15.2 Å². The molecule has 0 unspecified atom stereocenters. The second-order valence-electron chi connectivity index (χ2n) is 6.34. The van der Waals surface area contributed by atoms with Gasteiger partial charge in [0, 0.05) is 18.8 Å². The molecule has 0 saturated carbocycles. The van der Waals surface area contributed by atoms with Crippen LogP contribution in [0.4, 0.5) is 5.69 Å². The van der Waals surface area contributed by atoms with Gasteiger partial charge in [0.25, 0.3) is 11.8 Å². The predicted octanol–water partition coefficient (Wildman–Crippen LogP) is 2.95. The molecule has 0 fully saturated rings. The van der Waals surface area contributed by atoms with E-state index in [0.717, 1.165) is 37.1 Å². The zero-order valence-corrected chi connectivity index (χ0v) is 15.0. The monoisotopic (exact) mass is 352 g/mol. The van der Waals surface area contributed by atoms with E-state index in [0.29, 0.717) is 24.6 Å². The Morgan fingerprint density at radius 1 is 1.23 bits per heavy atom. The number of hydrogen-bond donors (Lipinski definition) is 2. The fraction of sp³-hybridized carbons (Fsp3) is 0.350. The quantitative estimate of drug-likeness (QED) is 0.785. The van der Waals surface area contributed by atoms with Gasteiger partial charge in [0.2, 0.25) is 0 Å². The molecule has 136 valence electrons. The number of aryl methyl sites for hydroxylation is 1. The van der Waals surface area contributed by atoms with Gasteiger partial charge in [-0.05, 0) is 43.4 Å². The van der Waals surface area contributed by atoms with Gasteiger partial charge in [-0.2, -0.15) is 0 Å². The highest BCUT2D eigenvalue weighted by atomic mass is 16.2. The lowest BCUT2D eigenvalue weighted by molar-refractivity contribution is 0.0952. The van der Waals surface area contributed by atoms with E-state index in [-0.39, 0.29) is 11.8 Å². The molecule has 26 heavy (non-hydrogen) atoms. The number of nitrogens with one attached hydrogen (secondary N) is 2. The van der Waals surface area contributed by atoms with E-state index in [1.54, 1.807) is 6.08 Å². The number of anilines is 1. The van der Waals surface area contributed by atoms with Crippen LogP contribution in [0.5, 0.6) is 0 Å². The van der Waals surface area contributed by atoms with Crippen molar-refractivity contribution in [2.75, 3.05) is 11.9 Å². The molecule has 6 heteroatoms. The second-order valence-corrected chi connectivity index (χ2v) is 6.34. The highest BCUT2D eigenvalue weighted by molar-refractivity contribution is 6.03. The molecule has 1 aliphatic heterocycles. The Kier molecular flexibility index (Phi) is 5.51. The number of carbonyl (C=O) groups excluding carboxylic acids is 2. The summed E-state index contributed by atoms with van der Waals surface area (Å²) < 4.78 is 1.88. The molecule has 0 radical (unpaired) electrons. The molecule has 0 saturated heterocycles. The van der Waals surface area contributed by atoms with Gasteiger partial charge in [-0.25, -0.2) is 4.98 Å². The second kappa shape index (κ2) is 7.99. The third-order valence-corrected chi connectivity index (χ3v) is 4.56. The Balaban J connectivity index is 1.86. The van der Waals surface area contributed by atoms with Crippen molar-refractivity contribution in [2.45, 2.75) is 39.2 Å². The summed E-state index contributed by atoms with van der Waals surface area (Å²) in [6.45, 7) is 6.76. The van der Waals surface area contributed by atoms with Crippen LogP contribution in [0.15, 0.2) is 36.9 Å². The highest BCUT2D eigenvalue weighted by Crippen LogP contribution is 2.22. The number of imidazole rings is 1. The smallest absolute Gasteiger partial charge is 0.291 e. The predicted molar refractivity (Wildman–Crippen MR) is 101 cm³/mol. The van der Waals surface area contributed by atoms with Crippen LogP contribution in [0.1, 0.15) is 52.1 Å². The van der Waals surface area contributed by atoms with Crippen LogP contribution in [-0.4, -0.2) is 27.9 Å². The van der Waals surface area contributed by atoms with E-state index in [1.807, 2.05) is 28.8 Å². The maximum Gasteiger partial charge on any atom is 0.291 e. The van der Waals surface area contributed by atoms with E-state index < -0.39 is 0 Å². The average molecular weight is 352 g/mol. The van der Waals surface area contributed by atoms with Gasteiger partial charge in [0.1, 0.15) is 5.69 Å². The number of aromatic nitrogens is 2. The lowest BCUT2D eigenvalue weighted by atomic mass is 10.1. The molecule has 2 heterocycles. The summed E-state index contributed by atoms with van der Waals surface area (Å²) in [6, 6.07) is 7.75. The number of carbonyl (C=O) groups is 2. The van der Waals surface area contributed by atoms with E-state index in [4.69, 9.17) is 0 Å². The van der Waals surface area contributed by atoms with Gasteiger partial charge in [-0.15, -0.1) is 6.58 Å². The van der Waals surface area contributed by atoms with Crippen molar-refractivity contribution in [3.63, 3.8) is 0 Å². The van der Waals surface area contributed by atoms with Gasteiger partial charge in [-0.3, -0.25) is 9.59 Å². The summed E-state index contributed by atoms with van der Waals surface area (Å²) in [7, 11) is 0. The molecule has 2 amide bonds. The summed E-state index contributed by atoms with van der Waals surface area (Å²) >= 11 is 0. The van der Waals surface area contributed by atoms with Crippen molar-refractivity contribution in [1.82, 2.24) is 14.9 Å². The van der Waals surface area contributed by atoms with Crippen LogP contribution in [0.2, 0.25) is 0 Å². The number of benzene rings is 1. The number of fused-ring (bicyclic) bond motifs is 1. The molecule has 0 bridgehead atoms. The van der Waals surface area contributed by atoms with E-state index in [2.05, 4.69) is 29.1 Å². The summed E-state index contributed by atoms with van der Waals surface area (Å²) in [4.78, 5) is 29.5. The molecular weight excluding hydrogens is 328 g/mol. The lowest BCUT2D eigenvalue weighted by Crippen LogP contribution is -2.25. The first-order chi connectivity index (χ1) is 12.6. The molecule has 1 aromatic carbocycles. The summed E-state index contributed by atoms with van der Waals surface area (Å²) in [6.07, 6.45) is 5.29. The molecule has 6 nitrogen and oxygen atoms in total. The molecule has 2 N–H and O–H groups in total. The first-order valence-electron chi connectivity index (χ1n) is 9.02. The summed E-state index contributed by atoms with van der Waals surface area (Å²) in [5.41, 5.74) is 3.11. The SMILES string of the molecule is C=CCNC(=O)c1nc(C(=O)Nc2ccc(CC)cc2)n2c1CCCC2. The topological polar surface area (TPSA) is 76.0 Å². The van der Waals surface area contributed by atoms with Gasteiger partial charge in [-0.1, -0.05) is 25.1 Å². The van der Waals surface area contributed by atoms with Crippen molar-refractivity contribution in [1.29, 1.82) is 0 Å². The maximum absolute atomic E-state index is 12.7. The first kappa shape index (κ1) is 17.9. The van der Waals surface area contributed by atoms with E-state index in [1.165, 1.54) is 5.56 Å². The Hall–Kier alpha value is -2.89. The van der Waals surface area contributed by atoms with Crippen LogP contribution in [0.25, 0.3) is 0 Å². The number of nitrogens with zero attached hydrogens (tertiary/aromatic N) is 2. The van der Waals surface area contributed by atoms with Crippen LogP contribution < -0.4 is 10.6 Å². The lowest BCUT2D eigenvalue weighted by Gasteiger charge is -2.17. The molecule has 3 rings (SSSR count). The largest absolute Gasteiger partial charge is 0.347 e. The molecule has 0 atom stereocenters. The fourth-order valence-corrected chi connectivity index (χ4v) is 3.16. The standard InChI is InChI=1S/C20H24N4O2/c1-3-12-21-19(25)17-16-7-5-6-13-24(16)18(23-17)20(26)22-15-10-8-14(4-2)9-11-15/h3,8-11H,1,4-7,12-13H2,2H3,(H,21,25)(H,22,26). The molecular formula is C20H24N4O2. The summed E-state index contributed by atoms with van der Waals surface area (Å²) in [5.74, 6) is -0.259. The summed E-state index contributed by atoms with van der Waals surface area (Å²) in [5, 5.41) is 5.63. The number of amides is 2. The van der Waals surface area contributed by atoms with Crippen LogP contribution in [0, 0.1) is 0 Å². The third-order valence-electron chi connectivity index (χ3n) is 4.56. The van der Waals surface area contributed by atoms with Gasteiger partial charge >= 0.3 is 0 Å². The zero-order chi connectivity index (χ0) is 18.5. The zero-order valence-electron chi connectivity index (χ0n) is 15.0. The first-order valence-corrected chi connectivity index (χ1v) is 9.02. The molecule has 0 spiro atoms. The minimum absolute atomic E-state index is 0.262. The van der Waals surface area contributed by atoms with Crippen LogP contribution >= 0.6 is 0 Å². The molecule has 1 aromatic heterocycles. The van der Waals surface area contributed by atoms with E-state index in [9.17, 15) is 9.59 Å². The van der Waals surface area contributed by atoms with Crippen molar-refractivity contribution < 1.29 is 9.59 Å². The maximum atomic E-state index is 12.7. The molecule has 2 aromatic rings. The molecule has 0 aliphatic carbocycles. The highest BCUT2D eigenvalue weighted by Gasteiger charge is 2.27. The van der Waals surface area contributed by atoms with Gasteiger partial charge in [0.15, 0.2) is 5.82 Å². The minimum atomic E-state index is -0.292. The molecule has 1 aliphatic rings. The van der Waals surface area contributed by atoms with E-state index >= 15 is 0 Å². The van der Waals surface area contributed by atoms with Crippen molar-refractivity contribution in [2.24, 2.45) is 0 Å². The average Bonchev–Trinajstić information content (AvgIpc) is 3.06. The Bertz CT molecular complexity index is 821. The van der Waals surface area contributed by atoms with Gasteiger partial charge in [0.05, 0.1) is 5.69 Å². The van der Waals surface area contributed by atoms with Crippen LogP contribution in [-0.2, 0) is 19.4 Å². The number of hydrogen-bond acceptors (Lipinski definition) is 3. The Morgan fingerprint density at radius 2 is 2.00 bits per heavy atom. The van der Waals surface area contributed by atoms with Crippen molar-refractivity contribution >= 4 is 17.5 Å². The number of rotatable bonds is 6. The third kappa shape index (κ3) is 3.69. The Morgan fingerprint density at radius 3 is 2.69 bits per heavy atom. The van der Waals surface area contributed by atoms with Crippen molar-refractivity contribution in [3.8, 4) is 0 Å². The van der Waals surface area contributed by atoms with Crippen LogP contribution in [0.3, 0.4) is 0 Å². The normalized spacial score (nSPS) is 13.0. The fourth-order valence-electron chi connectivity index (χ4n) is 3.16. The minimum Gasteiger partial charge on any atom is -0.347 e. The van der Waals surface area contributed by atoms with Crippen molar-refractivity contribution in [3.05, 3.63) is 59.7 Å².